The van der Waals surface area contributed by atoms with Crippen LogP contribution in [0.25, 0.3) is 0 Å². The Hall–Kier alpha value is -0.740. The number of rotatable bonds is 2. The molecule has 0 rings (SSSR count). The lowest BCUT2D eigenvalue weighted by Gasteiger charge is -1.88. The topological polar surface area (TPSA) is 0 Å². The van der Waals surface area contributed by atoms with Crippen LogP contribution in [0, 0.1) is 0 Å². The van der Waals surface area contributed by atoms with E-state index >= 15 is 0 Å². The highest BCUT2D eigenvalue weighted by Gasteiger charge is 1.79. The summed E-state index contributed by atoms with van der Waals surface area (Å²) in [6.07, 6.45) is 5.04. The molecule has 8 heavy (non-hydrogen) atoms. The van der Waals surface area contributed by atoms with Gasteiger partial charge in [-0.15, -0.1) is 5.73 Å². The number of hydrogen-bond donors (Lipinski definition) is 0. The molecule has 0 aromatic carbocycles. The molecule has 0 heteroatoms. The molecule has 0 radical (unpaired) electrons. The highest BCUT2D eigenvalue weighted by atomic mass is 13.8. The molecular weight excluding hydrogens is 96.1 g/mol. The van der Waals surface area contributed by atoms with Crippen molar-refractivity contribution in [2.45, 2.75) is 20.3 Å². The van der Waals surface area contributed by atoms with E-state index < -0.39 is 0 Å². The molecule has 0 saturated heterocycles. The van der Waals surface area contributed by atoms with Gasteiger partial charge in [-0.1, -0.05) is 19.6 Å². The molecule has 0 aliphatic heterocycles. The fraction of sp³-hybridized carbons (Fsp3) is 0.375. The summed E-state index contributed by atoms with van der Waals surface area (Å²) in [4.78, 5) is 0. The third-order valence-electron chi connectivity index (χ3n) is 1.07. The van der Waals surface area contributed by atoms with Gasteiger partial charge in [-0.2, -0.15) is 0 Å². The summed E-state index contributed by atoms with van der Waals surface area (Å²) in [5.41, 5.74) is 4.02. The largest absolute Gasteiger partial charge is 0.128 e. The van der Waals surface area contributed by atoms with Gasteiger partial charge in [-0.25, -0.2) is 0 Å². The molecular formula is C8H12. The van der Waals surface area contributed by atoms with Crippen molar-refractivity contribution in [3.8, 4) is 0 Å². The summed E-state index contributed by atoms with van der Waals surface area (Å²) in [6, 6.07) is 0. The Labute approximate surface area is 51.2 Å². The molecule has 0 bridgehead atoms. The first-order valence-electron chi connectivity index (χ1n) is 2.86. The number of allylic oxidation sites excluding steroid dienone is 3. The summed E-state index contributed by atoms with van der Waals surface area (Å²) < 4.78 is 0. The highest BCUT2D eigenvalue weighted by molar-refractivity contribution is 5.15. The first-order chi connectivity index (χ1) is 3.85. The van der Waals surface area contributed by atoms with Gasteiger partial charge in [0, 0.05) is 0 Å². The first kappa shape index (κ1) is 7.26. The first-order valence-corrected chi connectivity index (χ1v) is 2.86. The van der Waals surface area contributed by atoms with Gasteiger partial charge in [0.05, 0.1) is 0 Å². The van der Waals surface area contributed by atoms with E-state index in [2.05, 4.69) is 25.3 Å². The molecule has 0 unspecified atom stereocenters. The zero-order valence-electron chi connectivity index (χ0n) is 5.57. The zero-order chi connectivity index (χ0) is 6.41. The van der Waals surface area contributed by atoms with Crippen molar-refractivity contribution in [3.63, 3.8) is 0 Å². The van der Waals surface area contributed by atoms with Gasteiger partial charge in [0.25, 0.3) is 0 Å². The molecule has 0 N–H and O–H groups in total. The van der Waals surface area contributed by atoms with Crippen LogP contribution in [-0.4, -0.2) is 0 Å². The van der Waals surface area contributed by atoms with Crippen molar-refractivity contribution in [2.24, 2.45) is 0 Å². The van der Waals surface area contributed by atoms with Crippen LogP contribution in [-0.2, 0) is 0 Å². The molecule has 0 fully saturated rings. The Balaban J connectivity index is 3.91. The van der Waals surface area contributed by atoms with Gasteiger partial charge in [0.15, 0.2) is 0 Å². The Morgan fingerprint density at radius 3 is 2.50 bits per heavy atom. The smallest absolute Gasteiger partial charge is 0.0177 e. The predicted molar refractivity (Wildman–Crippen MR) is 37.8 cm³/mol. The van der Waals surface area contributed by atoms with Crippen molar-refractivity contribution in [3.05, 3.63) is 30.0 Å². The van der Waals surface area contributed by atoms with Crippen LogP contribution in [0.1, 0.15) is 20.3 Å². The normalized spacial score (nSPS) is 10.5. The van der Waals surface area contributed by atoms with E-state index in [9.17, 15) is 0 Å². The fourth-order valence-corrected chi connectivity index (χ4v) is 0.521. The lowest BCUT2D eigenvalue weighted by molar-refractivity contribution is 1.14. The molecule has 0 aromatic heterocycles. The van der Waals surface area contributed by atoms with Crippen LogP contribution in [0.5, 0.6) is 0 Å². The second kappa shape index (κ2) is 4.42. The van der Waals surface area contributed by atoms with E-state index in [1.807, 2.05) is 13.0 Å². The van der Waals surface area contributed by atoms with Gasteiger partial charge < -0.3 is 0 Å². The van der Waals surface area contributed by atoms with Gasteiger partial charge in [0.1, 0.15) is 0 Å². The minimum absolute atomic E-state index is 1.07. The summed E-state index contributed by atoms with van der Waals surface area (Å²) in [7, 11) is 0. The van der Waals surface area contributed by atoms with Crippen LogP contribution in [0.2, 0.25) is 0 Å². The van der Waals surface area contributed by atoms with Crippen LogP contribution in [0.4, 0.5) is 0 Å². The molecule has 0 aliphatic rings. The second-order valence-electron chi connectivity index (χ2n) is 1.57. The molecule has 0 spiro atoms. The monoisotopic (exact) mass is 108 g/mol. The van der Waals surface area contributed by atoms with Crippen molar-refractivity contribution in [2.75, 3.05) is 0 Å². The van der Waals surface area contributed by atoms with Gasteiger partial charge in [-0.3, -0.25) is 0 Å². The molecule has 0 aromatic rings. The van der Waals surface area contributed by atoms with Crippen molar-refractivity contribution >= 4 is 0 Å². The average Bonchev–Trinajstić information content (AvgIpc) is 1.83. The average molecular weight is 108 g/mol. The summed E-state index contributed by atoms with van der Waals surface area (Å²) in [5, 5.41) is 0. The van der Waals surface area contributed by atoms with E-state index in [0.717, 1.165) is 6.42 Å². The number of hydrogen-bond acceptors (Lipinski definition) is 0. The Bertz CT molecular complexity index is 123. The molecule has 0 heterocycles. The van der Waals surface area contributed by atoms with Gasteiger partial charge in [0.2, 0.25) is 0 Å². The van der Waals surface area contributed by atoms with E-state index in [-0.39, 0.29) is 0 Å². The molecule has 0 nitrogen and oxygen atoms in total. The third-order valence-corrected chi connectivity index (χ3v) is 1.07. The highest BCUT2D eigenvalue weighted by Crippen LogP contribution is 1.99. The van der Waals surface area contributed by atoms with Crippen LogP contribution in [0.15, 0.2) is 30.0 Å². The quantitative estimate of drug-likeness (QED) is 0.377. The minimum atomic E-state index is 1.07. The SMILES string of the molecule is C=C=C/C(=C\C)CC. The Morgan fingerprint density at radius 2 is 2.38 bits per heavy atom. The van der Waals surface area contributed by atoms with E-state index in [1.165, 1.54) is 5.57 Å². The van der Waals surface area contributed by atoms with Crippen LogP contribution in [0.3, 0.4) is 0 Å². The maximum Gasteiger partial charge on any atom is -0.0177 e. The maximum atomic E-state index is 3.48. The Morgan fingerprint density at radius 1 is 1.75 bits per heavy atom. The zero-order valence-corrected chi connectivity index (χ0v) is 5.57. The predicted octanol–water partition coefficient (Wildman–Crippen LogP) is 2.68. The summed E-state index contributed by atoms with van der Waals surface area (Å²) >= 11 is 0. The summed E-state index contributed by atoms with van der Waals surface area (Å²) in [5.74, 6) is 0. The molecule has 0 amide bonds. The third kappa shape index (κ3) is 2.44. The molecule has 0 atom stereocenters. The van der Waals surface area contributed by atoms with Crippen LogP contribution >= 0.6 is 0 Å². The lowest BCUT2D eigenvalue weighted by Crippen LogP contribution is -1.68. The van der Waals surface area contributed by atoms with Crippen LogP contribution < -0.4 is 0 Å². The van der Waals surface area contributed by atoms with Gasteiger partial charge in [-0.05, 0) is 25.0 Å². The van der Waals surface area contributed by atoms with E-state index in [4.69, 9.17) is 0 Å². The van der Waals surface area contributed by atoms with Crippen molar-refractivity contribution in [1.29, 1.82) is 0 Å². The minimum Gasteiger partial charge on any atom is -0.128 e. The van der Waals surface area contributed by atoms with Gasteiger partial charge >= 0.3 is 0 Å². The van der Waals surface area contributed by atoms with Crippen molar-refractivity contribution in [1.82, 2.24) is 0 Å². The standard InChI is InChI=1S/C8H12/c1-4-7-8(5-2)6-3/h5,7H,1,6H2,2-3H3/b8-5-. The molecule has 44 valence electrons. The Kier molecular flexibility index (Phi) is 4.01. The molecule has 0 saturated carbocycles. The second-order valence-corrected chi connectivity index (χ2v) is 1.57. The van der Waals surface area contributed by atoms with Crippen molar-refractivity contribution < 1.29 is 0 Å². The van der Waals surface area contributed by atoms with E-state index in [0.29, 0.717) is 0 Å². The maximum absolute atomic E-state index is 3.48. The molecule has 0 aliphatic carbocycles. The lowest BCUT2D eigenvalue weighted by atomic mass is 10.2. The fourth-order valence-electron chi connectivity index (χ4n) is 0.521. The summed E-state index contributed by atoms with van der Waals surface area (Å²) in [6.45, 7) is 7.61. The van der Waals surface area contributed by atoms with E-state index in [1.54, 1.807) is 0 Å².